The van der Waals surface area contributed by atoms with E-state index in [0.29, 0.717) is 54.3 Å². The maximum Gasteiger partial charge on any atom is 0.333 e. The molecule has 0 saturated heterocycles. The first-order valence-corrected chi connectivity index (χ1v) is 33.3. The number of carbonyl (C=O) groups excluding carboxylic acids is 5. The van der Waals surface area contributed by atoms with Crippen LogP contribution in [0.15, 0.2) is 85.0 Å². The van der Waals surface area contributed by atoms with Gasteiger partial charge >= 0.3 is 29.8 Å². The highest BCUT2D eigenvalue weighted by Gasteiger charge is 2.26. The Balaban J connectivity index is 1.94. The Labute approximate surface area is 537 Å². The zero-order valence-corrected chi connectivity index (χ0v) is 55.8. The van der Waals surface area contributed by atoms with Crippen molar-refractivity contribution in [3.8, 4) is 23.0 Å². The minimum atomic E-state index is -0.721. The summed E-state index contributed by atoms with van der Waals surface area (Å²) in [5.74, 6) is -0.328. The summed E-state index contributed by atoms with van der Waals surface area (Å²) in [5, 5.41) is 0. The SMILES string of the molecule is C=C(C)C(=O)OCCOc1c2cc(CCCCCC)cc1Cc1cc(CCCCCC)cc(c1OCCOC(=O)C(=C)C)Cc1cc(CCCCCC)cc(c1OCCOC(=O)C(=C)C)Cc1cc(CCCCCC)cc(c1OCCOC(=O)CC(=O)OC)C2. The summed E-state index contributed by atoms with van der Waals surface area (Å²) in [6.45, 7) is 25.1. The minimum absolute atomic E-state index is 0.00861. The molecule has 4 aromatic rings. The average molecular weight is 1240 g/mol. The number of carbonyl (C=O) groups is 5. The molecule has 0 aliphatic heterocycles. The van der Waals surface area contributed by atoms with Gasteiger partial charge in [-0.25, -0.2) is 14.4 Å². The topological polar surface area (TPSA) is 168 Å². The Bertz CT molecular complexity index is 2870. The van der Waals surface area contributed by atoms with Crippen LogP contribution in [0.5, 0.6) is 23.0 Å². The molecule has 90 heavy (non-hydrogen) atoms. The van der Waals surface area contributed by atoms with Gasteiger partial charge in [0.05, 0.1) is 7.11 Å². The molecule has 0 aromatic heterocycles. The Morgan fingerprint density at radius 2 is 0.567 bits per heavy atom. The minimum Gasteiger partial charge on any atom is -0.489 e. The Kier molecular flexibility index (Phi) is 32.9. The monoisotopic (exact) mass is 1240 g/mol. The molecule has 1 aliphatic rings. The van der Waals surface area contributed by atoms with Crippen LogP contribution in [0.2, 0.25) is 0 Å². The van der Waals surface area contributed by atoms with Gasteiger partial charge in [0, 0.05) is 42.4 Å². The fraction of sp³-hybridized carbons (Fsp3) is 0.539. The van der Waals surface area contributed by atoms with E-state index in [-0.39, 0.29) is 64.0 Å². The molecule has 0 saturated carbocycles. The Hall–Kier alpha value is -7.35. The molecule has 0 amide bonds. The fourth-order valence-electron chi connectivity index (χ4n) is 11.3. The first kappa shape index (κ1) is 73.4. The highest BCUT2D eigenvalue weighted by Crippen LogP contribution is 2.42. The Morgan fingerprint density at radius 3 is 0.778 bits per heavy atom. The average Bonchev–Trinajstić information content (AvgIpc) is 0.835. The summed E-state index contributed by atoms with van der Waals surface area (Å²) in [4.78, 5) is 63.5. The Morgan fingerprint density at radius 1 is 0.333 bits per heavy atom. The van der Waals surface area contributed by atoms with Crippen LogP contribution in [0.1, 0.15) is 224 Å². The van der Waals surface area contributed by atoms with Crippen molar-refractivity contribution < 1.29 is 66.6 Å². The predicted molar refractivity (Wildman–Crippen MR) is 355 cm³/mol. The summed E-state index contributed by atoms with van der Waals surface area (Å²) in [6, 6.07) is 18.0. The van der Waals surface area contributed by atoms with Gasteiger partial charge in [-0.3, -0.25) is 9.59 Å². The molecule has 0 heterocycles. The zero-order valence-electron chi connectivity index (χ0n) is 55.8. The smallest absolute Gasteiger partial charge is 0.333 e. The van der Waals surface area contributed by atoms with Crippen LogP contribution < -0.4 is 18.9 Å². The van der Waals surface area contributed by atoms with Gasteiger partial charge in [-0.2, -0.15) is 0 Å². The van der Waals surface area contributed by atoms with Crippen molar-refractivity contribution in [1.82, 2.24) is 0 Å². The molecule has 14 nitrogen and oxygen atoms in total. The summed E-state index contributed by atoms with van der Waals surface area (Å²) in [7, 11) is 1.23. The number of aryl methyl sites for hydroxylation is 4. The lowest BCUT2D eigenvalue weighted by atomic mass is 9.87. The van der Waals surface area contributed by atoms with E-state index in [2.05, 4.69) is 96.0 Å². The standard InChI is InChI=1S/C76H104O14/c1-12-16-20-24-28-56-40-60-48-62-42-57(29-25-21-17-13-2)44-64(71(62)85-34-37-88-74(79)53(5)6)50-66-46-59(31-27-23-19-15-4)47-67(73(66)87-36-39-90-76(81)55(9)10)51-65-45-58(30-26-22-18-14-3)43-63(72(65)86-35-38-89-75(80)54(7)8)49-61(41-56)70(60)84-33-32-83-69(78)52-68(77)82-11/h40-47H,5,7,9,12-39,48-52H2,1-4,6,8,10-11H3. The van der Waals surface area contributed by atoms with Crippen molar-refractivity contribution in [2.45, 2.75) is 209 Å². The van der Waals surface area contributed by atoms with Crippen molar-refractivity contribution in [2.24, 2.45) is 0 Å². The van der Waals surface area contributed by atoms with E-state index in [0.717, 1.165) is 195 Å². The van der Waals surface area contributed by atoms with Gasteiger partial charge in [-0.15, -0.1) is 0 Å². The van der Waals surface area contributed by atoms with E-state index in [9.17, 15) is 24.0 Å². The quantitative estimate of drug-likeness (QED) is 0.0119. The molecule has 0 unspecified atom stereocenters. The normalized spacial score (nSPS) is 11.7. The van der Waals surface area contributed by atoms with Crippen molar-refractivity contribution in [2.75, 3.05) is 60.0 Å². The fourth-order valence-corrected chi connectivity index (χ4v) is 11.3. The molecule has 0 atom stereocenters. The molecule has 0 spiro atoms. The molecule has 0 fully saturated rings. The first-order valence-electron chi connectivity index (χ1n) is 33.3. The number of unbranched alkanes of at least 4 members (excludes halogenated alkanes) is 12. The van der Waals surface area contributed by atoms with E-state index in [1.165, 1.54) is 7.11 Å². The van der Waals surface area contributed by atoms with Gasteiger partial charge < -0.3 is 42.6 Å². The van der Waals surface area contributed by atoms with Crippen LogP contribution in [0.4, 0.5) is 0 Å². The summed E-state index contributed by atoms with van der Waals surface area (Å²) < 4.78 is 55.3. The number of fused-ring (bicyclic) bond motifs is 8. The van der Waals surface area contributed by atoms with E-state index >= 15 is 0 Å². The van der Waals surface area contributed by atoms with Crippen LogP contribution in [0.3, 0.4) is 0 Å². The zero-order chi connectivity index (χ0) is 65.2. The molecule has 8 bridgehead atoms. The molecule has 1 aliphatic carbocycles. The highest BCUT2D eigenvalue weighted by atomic mass is 16.6. The van der Waals surface area contributed by atoms with Gasteiger partial charge in [0.15, 0.2) is 0 Å². The van der Waals surface area contributed by atoms with Gasteiger partial charge in [0.1, 0.15) is 82.3 Å². The van der Waals surface area contributed by atoms with Gasteiger partial charge in [0.2, 0.25) is 0 Å². The number of methoxy groups -OCH3 is 1. The van der Waals surface area contributed by atoms with Crippen LogP contribution in [0.25, 0.3) is 0 Å². The maximum absolute atomic E-state index is 12.9. The largest absolute Gasteiger partial charge is 0.489 e. The van der Waals surface area contributed by atoms with Crippen LogP contribution >= 0.6 is 0 Å². The van der Waals surface area contributed by atoms with E-state index in [4.69, 9.17) is 42.6 Å². The second-order valence-electron chi connectivity index (χ2n) is 24.0. The number of benzene rings is 4. The molecular weight excluding hydrogens is 1140 g/mol. The molecule has 14 heteroatoms. The molecular formula is C76H104O14. The highest BCUT2D eigenvalue weighted by molar-refractivity contribution is 5.91. The van der Waals surface area contributed by atoms with Gasteiger partial charge in [-0.05, 0) is 139 Å². The van der Waals surface area contributed by atoms with Crippen molar-refractivity contribution in [1.29, 1.82) is 0 Å². The summed E-state index contributed by atoms with van der Waals surface area (Å²) in [5.41, 5.74) is 12.8. The molecule has 5 rings (SSSR count). The van der Waals surface area contributed by atoms with E-state index in [1.54, 1.807) is 20.8 Å². The van der Waals surface area contributed by atoms with Crippen molar-refractivity contribution in [3.63, 3.8) is 0 Å². The van der Waals surface area contributed by atoms with E-state index < -0.39 is 36.3 Å². The van der Waals surface area contributed by atoms with E-state index in [1.807, 2.05) is 0 Å². The first-order chi connectivity index (χ1) is 43.5. The second-order valence-corrected chi connectivity index (χ2v) is 24.0. The number of esters is 5. The van der Waals surface area contributed by atoms with Gasteiger partial charge in [0.25, 0.3) is 0 Å². The third-order valence-electron chi connectivity index (χ3n) is 15.9. The molecule has 492 valence electrons. The third kappa shape index (κ3) is 25.1. The van der Waals surface area contributed by atoms with Gasteiger partial charge in [-0.1, -0.05) is 173 Å². The van der Waals surface area contributed by atoms with Crippen molar-refractivity contribution >= 4 is 29.8 Å². The number of hydrogen-bond donors (Lipinski definition) is 0. The second kappa shape index (κ2) is 40.4. The lowest BCUT2D eigenvalue weighted by molar-refractivity contribution is -0.153. The molecule has 0 N–H and O–H groups in total. The lowest BCUT2D eigenvalue weighted by Gasteiger charge is -2.25. The van der Waals surface area contributed by atoms with Crippen LogP contribution in [0, 0.1) is 0 Å². The third-order valence-corrected chi connectivity index (χ3v) is 15.9. The number of rotatable bonds is 41. The molecule has 0 radical (unpaired) electrons. The lowest BCUT2D eigenvalue weighted by Crippen LogP contribution is -2.17. The van der Waals surface area contributed by atoms with Crippen LogP contribution in [-0.2, 0) is 99.0 Å². The van der Waals surface area contributed by atoms with Crippen LogP contribution in [-0.4, -0.2) is 89.8 Å². The number of hydrogen-bond acceptors (Lipinski definition) is 14. The van der Waals surface area contributed by atoms with Crippen molar-refractivity contribution in [3.05, 3.63) is 152 Å². The molecule has 4 aromatic carbocycles. The maximum atomic E-state index is 12.9. The predicted octanol–water partition coefficient (Wildman–Crippen LogP) is 15.8. The summed E-state index contributed by atoms with van der Waals surface area (Å²) in [6.07, 6.45) is 21.3. The summed E-state index contributed by atoms with van der Waals surface area (Å²) >= 11 is 0. The number of ether oxygens (including phenoxy) is 9.